The van der Waals surface area contributed by atoms with E-state index in [4.69, 9.17) is 26.1 Å². The molecule has 0 N–H and O–H groups in total. The Bertz CT molecular complexity index is 916. The first-order chi connectivity index (χ1) is 14.1. The first-order valence-corrected chi connectivity index (χ1v) is 14.7. The average Bonchev–Trinajstić information content (AvgIpc) is 3.38. The summed E-state index contributed by atoms with van der Waals surface area (Å²) in [6.45, 7) is 15.3. The van der Waals surface area contributed by atoms with Gasteiger partial charge in [0.1, 0.15) is 5.82 Å². The molecule has 0 radical (unpaired) electrons. The molecule has 0 aromatic carbocycles. The monoisotopic (exact) mass is 449 g/mol. The van der Waals surface area contributed by atoms with Gasteiger partial charge in [0.05, 0.1) is 29.8 Å². The Balaban J connectivity index is 1.66. The minimum Gasteiger partial charge on any atom is -0.415 e. The van der Waals surface area contributed by atoms with Crippen molar-refractivity contribution < 1.29 is 4.43 Å². The predicted octanol–water partition coefficient (Wildman–Crippen LogP) is 5.89. The van der Waals surface area contributed by atoms with Gasteiger partial charge in [-0.1, -0.05) is 33.6 Å². The summed E-state index contributed by atoms with van der Waals surface area (Å²) in [4.78, 5) is 11.7. The lowest BCUT2D eigenvalue weighted by atomic mass is 10.2. The van der Waals surface area contributed by atoms with Crippen molar-refractivity contribution in [1.29, 1.82) is 0 Å². The van der Waals surface area contributed by atoms with Crippen molar-refractivity contribution in [2.45, 2.75) is 96.4 Å². The zero-order chi connectivity index (χ0) is 21.7. The van der Waals surface area contributed by atoms with E-state index in [2.05, 4.69) is 55.4 Å². The van der Waals surface area contributed by atoms with Gasteiger partial charge in [0.15, 0.2) is 14.0 Å². The summed E-state index contributed by atoms with van der Waals surface area (Å²) in [6.07, 6.45) is 7.11. The molecule has 1 saturated carbocycles. The van der Waals surface area contributed by atoms with Crippen LogP contribution in [0.25, 0.3) is 11.0 Å². The Labute approximate surface area is 186 Å². The molecule has 4 rings (SSSR count). The topological polar surface area (TPSA) is 56.1 Å². The van der Waals surface area contributed by atoms with Gasteiger partial charge in [-0.15, -0.1) is 0 Å². The van der Waals surface area contributed by atoms with Gasteiger partial charge in [-0.2, -0.15) is 15.1 Å². The first kappa shape index (κ1) is 22.0. The van der Waals surface area contributed by atoms with E-state index in [1.165, 1.54) is 25.7 Å². The van der Waals surface area contributed by atoms with Crippen molar-refractivity contribution in [2.24, 2.45) is 0 Å². The molecule has 8 heteroatoms. The normalized spacial score (nSPS) is 21.3. The Kier molecular flexibility index (Phi) is 5.92. The fourth-order valence-electron chi connectivity index (χ4n) is 4.58. The van der Waals surface area contributed by atoms with Gasteiger partial charge in [-0.3, -0.25) is 0 Å². The lowest BCUT2D eigenvalue weighted by Gasteiger charge is -2.38. The summed E-state index contributed by atoms with van der Waals surface area (Å²) < 4.78 is 8.71. The van der Waals surface area contributed by atoms with E-state index in [-0.39, 0.29) is 5.04 Å². The second-order valence-corrected chi connectivity index (χ2v) is 15.7. The highest BCUT2D eigenvalue weighted by atomic mass is 35.5. The number of rotatable bonds is 5. The molecule has 0 unspecified atom stereocenters. The van der Waals surface area contributed by atoms with Crippen LogP contribution in [0.1, 0.15) is 71.0 Å². The molecule has 166 valence electrons. The average molecular weight is 450 g/mol. The van der Waals surface area contributed by atoms with Crippen molar-refractivity contribution in [3.63, 3.8) is 0 Å². The Morgan fingerprint density at radius 2 is 1.80 bits per heavy atom. The lowest BCUT2D eigenvalue weighted by molar-refractivity contribution is 0.263. The fourth-order valence-corrected chi connectivity index (χ4v) is 5.78. The van der Waals surface area contributed by atoms with Crippen LogP contribution in [-0.2, 0) is 4.43 Å². The minimum atomic E-state index is -1.79. The number of anilines is 1. The zero-order valence-electron chi connectivity index (χ0n) is 19.3. The van der Waals surface area contributed by atoms with Gasteiger partial charge < -0.3 is 9.33 Å². The molecular weight excluding hydrogens is 414 g/mol. The molecule has 2 aromatic heterocycles. The van der Waals surface area contributed by atoms with E-state index in [1.54, 1.807) is 0 Å². The van der Waals surface area contributed by atoms with Crippen molar-refractivity contribution in [1.82, 2.24) is 19.7 Å². The summed E-state index contributed by atoms with van der Waals surface area (Å²) in [7, 11) is -1.79. The van der Waals surface area contributed by atoms with Gasteiger partial charge in [0.25, 0.3) is 0 Å². The van der Waals surface area contributed by atoms with Crippen LogP contribution in [0.4, 0.5) is 5.82 Å². The summed E-state index contributed by atoms with van der Waals surface area (Å²) in [6, 6.07) is 0.749. The summed E-state index contributed by atoms with van der Waals surface area (Å²) in [5, 5.41) is 6.47. The number of hydrogen-bond acceptors (Lipinski definition) is 5. The van der Waals surface area contributed by atoms with E-state index in [1.807, 2.05) is 0 Å². The highest BCUT2D eigenvalue weighted by molar-refractivity contribution is 6.74. The summed E-state index contributed by atoms with van der Waals surface area (Å²) in [5.41, 5.74) is 1.89. The molecule has 3 heterocycles. The standard InChI is InChI=1S/C22H36ClN5OSi/c1-15-18-19(24-21(23)25-20(18)28(26-15)16-10-7-8-11-16)27-13-9-12-17(27)14-29-30(5,6)22(2,3)4/h16-17H,7-14H2,1-6H3/t17-/m0/s1. The van der Waals surface area contributed by atoms with Gasteiger partial charge in [-0.05, 0) is 62.3 Å². The third kappa shape index (κ3) is 4.00. The largest absolute Gasteiger partial charge is 0.415 e. The smallest absolute Gasteiger partial charge is 0.226 e. The van der Waals surface area contributed by atoms with E-state index < -0.39 is 8.32 Å². The van der Waals surface area contributed by atoms with E-state index in [0.717, 1.165) is 48.5 Å². The van der Waals surface area contributed by atoms with Gasteiger partial charge in [0.2, 0.25) is 5.28 Å². The van der Waals surface area contributed by atoms with Crippen molar-refractivity contribution in [3.05, 3.63) is 11.0 Å². The molecule has 2 aliphatic rings. The van der Waals surface area contributed by atoms with Crippen LogP contribution in [0.2, 0.25) is 23.4 Å². The molecule has 1 atom stereocenters. The van der Waals surface area contributed by atoms with E-state index >= 15 is 0 Å². The molecule has 0 bridgehead atoms. The van der Waals surface area contributed by atoms with Crippen LogP contribution in [-0.4, -0.2) is 47.3 Å². The van der Waals surface area contributed by atoms with Crippen molar-refractivity contribution in [3.8, 4) is 0 Å². The third-order valence-corrected chi connectivity index (χ3v) is 12.1. The Morgan fingerprint density at radius 1 is 1.10 bits per heavy atom. The SMILES string of the molecule is Cc1nn(C2CCCC2)c2nc(Cl)nc(N3CCC[C@H]3CO[Si](C)(C)C(C)(C)C)c12. The van der Waals surface area contributed by atoms with Crippen LogP contribution in [0, 0.1) is 6.92 Å². The molecule has 0 spiro atoms. The quantitative estimate of drug-likeness (QED) is 0.420. The minimum absolute atomic E-state index is 0.209. The van der Waals surface area contributed by atoms with E-state index in [0.29, 0.717) is 17.4 Å². The molecule has 1 aliphatic heterocycles. The molecule has 2 fully saturated rings. The van der Waals surface area contributed by atoms with Gasteiger partial charge in [0, 0.05) is 6.54 Å². The number of halogens is 1. The summed E-state index contributed by atoms with van der Waals surface area (Å²) in [5.74, 6) is 0.938. The number of hydrogen-bond donors (Lipinski definition) is 0. The van der Waals surface area contributed by atoms with Crippen molar-refractivity contribution >= 4 is 36.8 Å². The maximum absolute atomic E-state index is 6.59. The highest BCUT2D eigenvalue weighted by Gasteiger charge is 2.39. The molecule has 30 heavy (non-hydrogen) atoms. The van der Waals surface area contributed by atoms with Crippen LogP contribution < -0.4 is 4.90 Å². The first-order valence-electron chi connectivity index (χ1n) is 11.4. The molecule has 2 aromatic rings. The fraction of sp³-hybridized carbons (Fsp3) is 0.773. The number of aromatic nitrogens is 4. The van der Waals surface area contributed by atoms with Crippen LogP contribution in [0.5, 0.6) is 0 Å². The molecular formula is C22H36ClN5OSi. The third-order valence-electron chi connectivity index (χ3n) is 7.44. The second kappa shape index (κ2) is 8.06. The van der Waals surface area contributed by atoms with Crippen molar-refractivity contribution in [2.75, 3.05) is 18.1 Å². The zero-order valence-corrected chi connectivity index (χ0v) is 21.1. The summed E-state index contributed by atoms with van der Waals surface area (Å²) >= 11 is 6.43. The van der Waals surface area contributed by atoms with E-state index in [9.17, 15) is 0 Å². The van der Waals surface area contributed by atoms with Gasteiger partial charge in [-0.25, -0.2) is 4.68 Å². The number of nitrogens with zero attached hydrogens (tertiary/aromatic N) is 5. The maximum atomic E-state index is 6.59. The highest BCUT2D eigenvalue weighted by Crippen LogP contribution is 2.39. The maximum Gasteiger partial charge on any atom is 0.226 e. The molecule has 1 saturated heterocycles. The van der Waals surface area contributed by atoms with Crippen LogP contribution in [0.15, 0.2) is 0 Å². The van der Waals surface area contributed by atoms with Crippen LogP contribution >= 0.6 is 11.6 Å². The lowest BCUT2D eigenvalue weighted by Crippen LogP contribution is -2.45. The molecule has 0 amide bonds. The van der Waals surface area contributed by atoms with Gasteiger partial charge >= 0.3 is 0 Å². The predicted molar refractivity (Wildman–Crippen MR) is 126 cm³/mol. The molecule has 1 aliphatic carbocycles. The van der Waals surface area contributed by atoms with Crippen LogP contribution in [0.3, 0.4) is 0 Å². The second-order valence-electron chi connectivity index (χ2n) is 10.5. The molecule has 6 nitrogen and oxygen atoms in total. The Morgan fingerprint density at radius 3 is 2.47 bits per heavy atom. The number of fused-ring (bicyclic) bond motifs is 1. The number of aryl methyl sites for hydroxylation is 1. The Hall–Kier alpha value is -1.18.